The molecule has 0 radical (unpaired) electrons. The summed E-state index contributed by atoms with van der Waals surface area (Å²) in [4.78, 5) is 2.42. The van der Waals surface area contributed by atoms with E-state index in [4.69, 9.17) is 4.74 Å². The van der Waals surface area contributed by atoms with Crippen molar-refractivity contribution >= 4 is 0 Å². The molecule has 0 bridgehead atoms. The van der Waals surface area contributed by atoms with Gasteiger partial charge in [0.15, 0.2) is 5.75 Å². The molecule has 0 aromatic carbocycles. The summed E-state index contributed by atoms with van der Waals surface area (Å²) in [7, 11) is 5.64. The van der Waals surface area contributed by atoms with Gasteiger partial charge in [0.2, 0.25) is 0 Å². The van der Waals surface area contributed by atoms with Crippen LogP contribution in [-0.4, -0.2) is 48.5 Å². The number of aromatic nitrogens is 2. The van der Waals surface area contributed by atoms with Crippen LogP contribution in [0.2, 0.25) is 0 Å². The molecule has 1 N–H and O–H groups in total. The van der Waals surface area contributed by atoms with Gasteiger partial charge in [-0.25, -0.2) is 0 Å². The van der Waals surface area contributed by atoms with Gasteiger partial charge in [-0.2, -0.15) is 5.10 Å². The highest BCUT2D eigenvalue weighted by Gasteiger charge is 2.19. The number of hydrogen-bond acceptors (Lipinski definition) is 4. The second-order valence-electron chi connectivity index (χ2n) is 4.38. The lowest BCUT2D eigenvalue weighted by Crippen LogP contribution is -2.29. The monoisotopic (exact) mass is 254 g/mol. The molecule has 104 valence electrons. The number of ether oxygens (including phenoxy) is 1. The minimum absolute atomic E-state index is 0.271. The second kappa shape index (κ2) is 7.38. The number of nitrogens with zero attached hydrogens (tertiary/aromatic N) is 3. The minimum atomic E-state index is 0.271. The summed E-state index contributed by atoms with van der Waals surface area (Å²) < 4.78 is 7.26. The number of nitrogens with one attached hydrogen (secondary N) is 1. The van der Waals surface area contributed by atoms with Gasteiger partial charge in [0.25, 0.3) is 0 Å². The molecule has 0 fully saturated rings. The van der Waals surface area contributed by atoms with Crippen molar-refractivity contribution in [3.05, 3.63) is 11.9 Å². The number of methoxy groups -OCH3 is 1. The summed E-state index contributed by atoms with van der Waals surface area (Å²) in [5, 5.41) is 7.62. The van der Waals surface area contributed by atoms with Gasteiger partial charge in [0, 0.05) is 7.05 Å². The molecule has 1 rings (SSSR count). The topological polar surface area (TPSA) is 42.3 Å². The van der Waals surface area contributed by atoms with Gasteiger partial charge >= 0.3 is 0 Å². The van der Waals surface area contributed by atoms with Crippen LogP contribution in [0.15, 0.2) is 6.20 Å². The second-order valence-corrected chi connectivity index (χ2v) is 4.38. The molecule has 5 heteroatoms. The Morgan fingerprint density at radius 1 is 1.44 bits per heavy atom. The average Bonchev–Trinajstić information content (AvgIpc) is 2.76. The Kier molecular flexibility index (Phi) is 6.15. The van der Waals surface area contributed by atoms with E-state index in [0.29, 0.717) is 0 Å². The van der Waals surface area contributed by atoms with Gasteiger partial charge < -0.3 is 15.0 Å². The van der Waals surface area contributed by atoms with Crippen molar-refractivity contribution < 1.29 is 4.74 Å². The highest BCUT2D eigenvalue weighted by molar-refractivity contribution is 5.28. The molecule has 0 amide bonds. The largest absolute Gasteiger partial charge is 0.493 e. The van der Waals surface area contributed by atoms with Gasteiger partial charge in [0.05, 0.1) is 25.0 Å². The lowest BCUT2D eigenvalue weighted by atomic mass is 10.1. The first-order valence-corrected chi connectivity index (χ1v) is 6.63. The zero-order valence-corrected chi connectivity index (χ0v) is 12.2. The molecule has 1 aromatic rings. The normalized spacial score (nSPS) is 13.0. The fraction of sp³-hybridized carbons (Fsp3) is 0.769. The Hall–Kier alpha value is -1.07. The molecule has 0 saturated heterocycles. The Bertz CT molecular complexity index is 347. The number of rotatable bonds is 8. The van der Waals surface area contributed by atoms with Crippen LogP contribution >= 0.6 is 0 Å². The van der Waals surface area contributed by atoms with Crippen LogP contribution in [0.3, 0.4) is 0 Å². The first-order valence-electron chi connectivity index (χ1n) is 6.63. The molecule has 18 heavy (non-hydrogen) atoms. The summed E-state index contributed by atoms with van der Waals surface area (Å²) >= 11 is 0. The van der Waals surface area contributed by atoms with Crippen molar-refractivity contribution in [3.8, 4) is 5.75 Å². The van der Waals surface area contributed by atoms with Gasteiger partial charge in [-0.15, -0.1) is 0 Å². The first-order chi connectivity index (χ1) is 8.67. The van der Waals surface area contributed by atoms with E-state index in [0.717, 1.165) is 37.5 Å². The van der Waals surface area contributed by atoms with Crippen LogP contribution in [-0.2, 0) is 7.05 Å². The molecular formula is C13H26N4O. The van der Waals surface area contributed by atoms with Gasteiger partial charge in [-0.3, -0.25) is 4.68 Å². The third-order valence-electron chi connectivity index (χ3n) is 3.48. The van der Waals surface area contributed by atoms with Crippen molar-refractivity contribution in [2.45, 2.75) is 26.3 Å². The van der Waals surface area contributed by atoms with E-state index in [1.165, 1.54) is 0 Å². The summed E-state index contributed by atoms with van der Waals surface area (Å²) in [6.07, 6.45) is 2.82. The van der Waals surface area contributed by atoms with Crippen LogP contribution in [0.1, 0.15) is 32.0 Å². The summed E-state index contributed by atoms with van der Waals surface area (Å²) in [5.41, 5.74) is 1.12. The molecule has 1 atom stereocenters. The fourth-order valence-corrected chi connectivity index (χ4v) is 2.25. The summed E-state index contributed by atoms with van der Waals surface area (Å²) in [6.45, 7) is 7.66. The standard InChI is InChI=1S/C13H26N4O/c1-6-17(7-2)9-8-11(14-3)13-12(18-5)10-15-16(13)4/h10-11,14H,6-9H2,1-5H3. The molecule has 5 nitrogen and oxygen atoms in total. The Morgan fingerprint density at radius 2 is 2.11 bits per heavy atom. The van der Waals surface area contributed by atoms with E-state index in [2.05, 4.69) is 29.2 Å². The Morgan fingerprint density at radius 3 is 2.61 bits per heavy atom. The highest BCUT2D eigenvalue weighted by atomic mass is 16.5. The van der Waals surface area contributed by atoms with Crippen LogP contribution < -0.4 is 10.1 Å². The molecule has 0 aliphatic heterocycles. The van der Waals surface area contributed by atoms with E-state index in [1.54, 1.807) is 13.3 Å². The molecule has 1 aromatic heterocycles. The quantitative estimate of drug-likeness (QED) is 0.762. The molecule has 1 heterocycles. The third-order valence-corrected chi connectivity index (χ3v) is 3.48. The zero-order valence-electron chi connectivity index (χ0n) is 12.2. The maximum absolute atomic E-state index is 5.37. The Labute approximate surface area is 110 Å². The summed E-state index contributed by atoms with van der Waals surface area (Å²) in [6, 6.07) is 0.271. The van der Waals surface area contributed by atoms with E-state index in [-0.39, 0.29) is 6.04 Å². The van der Waals surface area contributed by atoms with Crippen molar-refractivity contribution in [1.82, 2.24) is 20.0 Å². The van der Waals surface area contributed by atoms with E-state index < -0.39 is 0 Å². The first kappa shape index (κ1) is 15.0. The zero-order chi connectivity index (χ0) is 13.5. The smallest absolute Gasteiger partial charge is 0.161 e. The van der Waals surface area contributed by atoms with Crippen LogP contribution in [0.25, 0.3) is 0 Å². The molecular weight excluding hydrogens is 228 g/mol. The SMILES string of the molecule is CCN(CC)CCC(NC)c1c(OC)cnn1C. The van der Waals surface area contributed by atoms with Gasteiger partial charge in [-0.1, -0.05) is 13.8 Å². The molecule has 0 aliphatic rings. The Balaban J connectivity index is 2.73. The van der Waals surface area contributed by atoms with Crippen molar-refractivity contribution in [1.29, 1.82) is 0 Å². The van der Waals surface area contributed by atoms with Gasteiger partial charge in [0.1, 0.15) is 0 Å². The molecule has 0 spiro atoms. The molecule has 0 aliphatic carbocycles. The maximum atomic E-state index is 5.37. The predicted molar refractivity (Wildman–Crippen MR) is 74.0 cm³/mol. The van der Waals surface area contributed by atoms with Crippen molar-refractivity contribution in [3.63, 3.8) is 0 Å². The maximum Gasteiger partial charge on any atom is 0.161 e. The van der Waals surface area contributed by atoms with Crippen molar-refractivity contribution in [2.75, 3.05) is 33.8 Å². The molecule has 0 saturated carbocycles. The third kappa shape index (κ3) is 3.46. The van der Waals surface area contributed by atoms with E-state index in [1.807, 2.05) is 18.8 Å². The fourth-order valence-electron chi connectivity index (χ4n) is 2.25. The van der Waals surface area contributed by atoms with Crippen LogP contribution in [0.5, 0.6) is 5.75 Å². The van der Waals surface area contributed by atoms with E-state index in [9.17, 15) is 0 Å². The summed E-state index contributed by atoms with van der Waals surface area (Å²) in [5.74, 6) is 0.858. The number of aryl methyl sites for hydroxylation is 1. The van der Waals surface area contributed by atoms with Crippen LogP contribution in [0, 0.1) is 0 Å². The van der Waals surface area contributed by atoms with E-state index >= 15 is 0 Å². The minimum Gasteiger partial charge on any atom is -0.493 e. The van der Waals surface area contributed by atoms with Gasteiger partial charge in [-0.05, 0) is 33.1 Å². The molecule has 1 unspecified atom stereocenters. The lowest BCUT2D eigenvalue weighted by molar-refractivity contribution is 0.280. The lowest BCUT2D eigenvalue weighted by Gasteiger charge is -2.23. The number of hydrogen-bond donors (Lipinski definition) is 1. The predicted octanol–water partition coefficient (Wildman–Crippen LogP) is 1.42. The van der Waals surface area contributed by atoms with Crippen molar-refractivity contribution in [2.24, 2.45) is 7.05 Å². The highest BCUT2D eigenvalue weighted by Crippen LogP contribution is 2.26. The van der Waals surface area contributed by atoms with Crippen LogP contribution in [0.4, 0.5) is 0 Å². The average molecular weight is 254 g/mol.